The Morgan fingerprint density at radius 3 is 2.68 bits per heavy atom. The van der Waals surface area contributed by atoms with Gasteiger partial charge in [-0.3, -0.25) is 4.99 Å². The number of benzene rings is 1. The van der Waals surface area contributed by atoms with Gasteiger partial charge in [0.15, 0.2) is 5.96 Å². The molecule has 1 aromatic rings. The molecule has 0 amide bonds. The average molecular weight is 420 g/mol. The van der Waals surface area contributed by atoms with Crippen molar-refractivity contribution in [3.05, 3.63) is 29.8 Å². The Morgan fingerprint density at radius 2 is 2.05 bits per heavy atom. The summed E-state index contributed by atoms with van der Waals surface area (Å²) in [6, 6.07) is 8.15. The van der Waals surface area contributed by atoms with Crippen LogP contribution < -0.4 is 15.4 Å². The van der Waals surface area contributed by atoms with Crippen molar-refractivity contribution in [2.24, 2.45) is 4.99 Å². The number of halogens is 1. The summed E-state index contributed by atoms with van der Waals surface area (Å²) < 4.78 is 5.74. The molecule has 0 fully saturated rings. The van der Waals surface area contributed by atoms with Gasteiger partial charge in [0.05, 0.1) is 0 Å². The maximum atomic E-state index is 5.74. The van der Waals surface area contributed by atoms with Crippen molar-refractivity contribution in [2.75, 3.05) is 40.8 Å². The number of guanidine groups is 1. The Bertz CT molecular complexity index is 438. The smallest absolute Gasteiger partial charge is 0.191 e. The predicted molar refractivity (Wildman–Crippen MR) is 104 cm³/mol. The first-order valence-corrected chi connectivity index (χ1v) is 7.46. The van der Waals surface area contributed by atoms with E-state index in [4.69, 9.17) is 4.74 Å². The molecule has 0 atom stereocenters. The fourth-order valence-corrected chi connectivity index (χ4v) is 1.74. The first kappa shape index (κ1) is 21.0. The second-order valence-corrected chi connectivity index (χ2v) is 5.15. The molecule has 1 rings (SSSR count). The molecule has 0 unspecified atom stereocenters. The molecule has 0 saturated heterocycles. The minimum atomic E-state index is 0. The van der Waals surface area contributed by atoms with Crippen LogP contribution in [0.4, 0.5) is 0 Å². The van der Waals surface area contributed by atoms with Gasteiger partial charge in [-0.2, -0.15) is 0 Å². The Morgan fingerprint density at radius 1 is 1.27 bits per heavy atom. The molecule has 0 spiro atoms. The van der Waals surface area contributed by atoms with E-state index in [0.29, 0.717) is 6.61 Å². The fraction of sp³-hybridized carbons (Fsp3) is 0.562. The zero-order valence-corrected chi connectivity index (χ0v) is 16.4. The Kier molecular flexibility index (Phi) is 11.9. The van der Waals surface area contributed by atoms with Gasteiger partial charge in [-0.15, -0.1) is 24.0 Å². The third kappa shape index (κ3) is 9.09. The highest BCUT2D eigenvalue weighted by Gasteiger charge is 2.00. The van der Waals surface area contributed by atoms with Crippen LogP contribution in [0, 0.1) is 0 Å². The van der Waals surface area contributed by atoms with E-state index in [1.165, 1.54) is 5.56 Å². The van der Waals surface area contributed by atoms with Gasteiger partial charge in [0.25, 0.3) is 0 Å². The largest absolute Gasteiger partial charge is 0.492 e. The zero-order valence-electron chi connectivity index (χ0n) is 14.1. The SMILES string of the molecule is CCCNC(=NC)NCc1cccc(OCCN(C)C)c1.I. The molecular formula is C16H29IN4O. The zero-order chi connectivity index (χ0) is 15.5. The third-order valence-electron chi connectivity index (χ3n) is 2.93. The molecular weight excluding hydrogens is 391 g/mol. The van der Waals surface area contributed by atoms with Crippen LogP contribution in [0.5, 0.6) is 5.75 Å². The molecule has 22 heavy (non-hydrogen) atoms. The summed E-state index contributed by atoms with van der Waals surface area (Å²) in [6.45, 7) is 5.40. The monoisotopic (exact) mass is 420 g/mol. The number of hydrogen-bond donors (Lipinski definition) is 2. The highest BCUT2D eigenvalue weighted by molar-refractivity contribution is 14.0. The molecule has 2 N–H and O–H groups in total. The second kappa shape index (κ2) is 12.5. The molecule has 0 radical (unpaired) electrons. The van der Waals surface area contributed by atoms with Gasteiger partial charge in [0.1, 0.15) is 12.4 Å². The van der Waals surface area contributed by atoms with Crippen LogP contribution in [-0.2, 0) is 6.54 Å². The first-order valence-electron chi connectivity index (χ1n) is 7.46. The summed E-state index contributed by atoms with van der Waals surface area (Å²) in [5, 5.41) is 6.55. The standard InChI is InChI=1S/C16H28N4O.HI/c1-5-9-18-16(17-2)19-13-14-7-6-8-15(12-14)21-11-10-20(3)4;/h6-8,12H,5,9-11,13H2,1-4H3,(H2,17,18,19);1H. The normalized spacial score (nSPS) is 11.0. The number of hydrogen-bond acceptors (Lipinski definition) is 3. The third-order valence-corrected chi connectivity index (χ3v) is 2.93. The van der Waals surface area contributed by atoms with E-state index < -0.39 is 0 Å². The number of aliphatic imine (C=N–C) groups is 1. The Labute approximate surface area is 151 Å². The van der Waals surface area contributed by atoms with E-state index in [1.54, 1.807) is 7.05 Å². The molecule has 1 aromatic carbocycles. The van der Waals surface area contributed by atoms with Gasteiger partial charge in [0, 0.05) is 26.7 Å². The van der Waals surface area contributed by atoms with Crippen molar-refractivity contribution in [1.29, 1.82) is 0 Å². The van der Waals surface area contributed by atoms with Crippen LogP contribution in [0.2, 0.25) is 0 Å². The van der Waals surface area contributed by atoms with E-state index in [0.717, 1.165) is 37.8 Å². The van der Waals surface area contributed by atoms with Crippen LogP contribution in [-0.4, -0.2) is 51.7 Å². The summed E-state index contributed by atoms with van der Waals surface area (Å²) in [7, 11) is 5.86. The summed E-state index contributed by atoms with van der Waals surface area (Å²) in [4.78, 5) is 6.30. The van der Waals surface area contributed by atoms with E-state index in [9.17, 15) is 0 Å². The summed E-state index contributed by atoms with van der Waals surface area (Å²) in [6.07, 6.45) is 1.08. The molecule has 0 bridgehead atoms. The lowest BCUT2D eigenvalue weighted by Gasteiger charge is -2.13. The number of nitrogens with one attached hydrogen (secondary N) is 2. The van der Waals surface area contributed by atoms with Crippen molar-refractivity contribution in [3.8, 4) is 5.75 Å². The molecule has 0 aromatic heterocycles. The minimum Gasteiger partial charge on any atom is -0.492 e. The van der Waals surface area contributed by atoms with Gasteiger partial charge in [-0.25, -0.2) is 0 Å². The van der Waals surface area contributed by atoms with Gasteiger partial charge in [-0.1, -0.05) is 19.1 Å². The Balaban J connectivity index is 0.00000441. The quantitative estimate of drug-likeness (QED) is 0.385. The van der Waals surface area contributed by atoms with Crippen LogP contribution in [0.15, 0.2) is 29.3 Å². The minimum absolute atomic E-state index is 0. The van der Waals surface area contributed by atoms with Crippen molar-refractivity contribution in [2.45, 2.75) is 19.9 Å². The molecule has 0 aliphatic rings. The summed E-state index contributed by atoms with van der Waals surface area (Å²) in [5.74, 6) is 1.74. The fourth-order valence-electron chi connectivity index (χ4n) is 1.74. The molecule has 0 heterocycles. The van der Waals surface area contributed by atoms with Crippen LogP contribution in [0.25, 0.3) is 0 Å². The van der Waals surface area contributed by atoms with Gasteiger partial charge < -0.3 is 20.3 Å². The number of ether oxygens (including phenoxy) is 1. The van der Waals surface area contributed by atoms with E-state index >= 15 is 0 Å². The molecule has 0 aliphatic carbocycles. The van der Waals surface area contributed by atoms with Crippen LogP contribution in [0.3, 0.4) is 0 Å². The molecule has 0 saturated carbocycles. The lowest BCUT2D eigenvalue weighted by atomic mass is 10.2. The van der Waals surface area contributed by atoms with Crippen molar-refractivity contribution < 1.29 is 4.74 Å². The van der Waals surface area contributed by atoms with Gasteiger partial charge in [0.2, 0.25) is 0 Å². The highest BCUT2D eigenvalue weighted by Crippen LogP contribution is 2.13. The maximum absolute atomic E-state index is 5.74. The maximum Gasteiger partial charge on any atom is 0.191 e. The van der Waals surface area contributed by atoms with Crippen LogP contribution in [0.1, 0.15) is 18.9 Å². The second-order valence-electron chi connectivity index (χ2n) is 5.15. The van der Waals surface area contributed by atoms with E-state index in [2.05, 4.69) is 39.6 Å². The van der Waals surface area contributed by atoms with Crippen molar-refractivity contribution >= 4 is 29.9 Å². The van der Waals surface area contributed by atoms with Crippen LogP contribution >= 0.6 is 24.0 Å². The van der Waals surface area contributed by atoms with Crippen molar-refractivity contribution in [3.63, 3.8) is 0 Å². The lowest BCUT2D eigenvalue weighted by molar-refractivity contribution is 0.261. The van der Waals surface area contributed by atoms with Gasteiger partial charge in [-0.05, 0) is 38.2 Å². The topological polar surface area (TPSA) is 48.9 Å². The molecule has 6 heteroatoms. The van der Waals surface area contributed by atoms with Gasteiger partial charge >= 0.3 is 0 Å². The Hall–Kier alpha value is -1.02. The lowest BCUT2D eigenvalue weighted by Crippen LogP contribution is -2.37. The molecule has 0 aliphatic heterocycles. The molecule has 126 valence electrons. The number of rotatable bonds is 8. The number of nitrogens with zero attached hydrogens (tertiary/aromatic N) is 2. The summed E-state index contributed by atoms with van der Waals surface area (Å²) >= 11 is 0. The van der Waals surface area contributed by atoms with Crippen molar-refractivity contribution in [1.82, 2.24) is 15.5 Å². The predicted octanol–water partition coefficient (Wildman–Crippen LogP) is 2.32. The highest BCUT2D eigenvalue weighted by atomic mass is 127. The van der Waals surface area contributed by atoms with E-state index in [-0.39, 0.29) is 24.0 Å². The average Bonchev–Trinajstić information content (AvgIpc) is 2.47. The summed E-state index contributed by atoms with van der Waals surface area (Å²) in [5.41, 5.74) is 1.18. The van der Waals surface area contributed by atoms with E-state index in [1.807, 2.05) is 26.2 Å². The first-order chi connectivity index (χ1) is 10.2. The molecule has 5 nitrogen and oxygen atoms in total. The number of likely N-dealkylation sites (N-methyl/N-ethyl adjacent to an activating group) is 1.